The molecule has 0 atom stereocenters. The number of aromatic nitrogens is 2. The summed E-state index contributed by atoms with van der Waals surface area (Å²) in [6.45, 7) is 3.70. The fraction of sp³-hybridized carbons (Fsp3) is 0.150. The van der Waals surface area contributed by atoms with Gasteiger partial charge in [0, 0.05) is 16.3 Å². The van der Waals surface area contributed by atoms with E-state index in [9.17, 15) is 9.90 Å². The van der Waals surface area contributed by atoms with Crippen molar-refractivity contribution in [2.24, 2.45) is 0 Å². The maximum atomic E-state index is 12.7. The van der Waals surface area contributed by atoms with E-state index in [-0.39, 0.29) is 18.2 Å². The molecule has 138 valence electrons. The minimum Gasteiger partial charge on any atom is -0.392 e. The first kappa shape index (κ1) is 19.3. The lowest BCUT2D eigenvalue weighted by atomic mass is 10.0. The lowest BCUT2D eigenvalue weighted by Gasteiger charge is -2.13. The van der Waals surface area contributed by atoms with Crippen molar-refractivity contribution in [3.8, 4) is 11.3 Å². The van der Waals surface area contributed by atoms with Gasteiger partial charge in [-0.25, -0.2) is 9.97 Å². The first-order chi connectivity index (χ1) is 12.9. The molecule has 0 unspecified atom stereocenters. The number of carbonyl (C=O) groups is 1. The summed E-state index contributed by atoms with van der Waals surface area (Å²) in [4.78, 5) is 21.0. The van der Waals surface area contributed by atoms with E-state index in [0.717, 1.165) is 16.7 Å². The molecule has 0 spiro atoms. The Hall–Kier alpha value is -2.47. The number of rotatable bonds is 4. The van der Waals surface area contributed by atoms with Crippen molar-refractivity contribution in [2.75, 3.05) is 5.32 Å². The van der Waals surface area contributed by atoms with Gasteiger partial charge in [0.25, 0.3) is 5.91 Å². The maximum absolute atomic E-state index is 12.7. The van der Waals surface area contributed by atoms with Gasteiger partial charge in [0.15, 0.2) is 0 Å². The third-order valence-corrected chi connectivity index (χ3v) is 4.68. The number of anilines is 1. The number of benzene rings is 2. The van der Waals surface area contributed by atoms with E-state index in [1.165, 1.54) is 6.33 Å². The van der Waals surface area contributed by atoms with Crippen LogP contribution in [-0.4, -0.2) is 21.0 Å². The zero-order valence-electron chi connectivity index (χ0n) is 14.8. The minimum absolute atomic E-state index is 0.0500. The highest BCUT2D eigenvalue weighted by Gasteiger charge is 2.14. The first-order valence-electron chi connectivity index (χ1n) is 8.19. The summed E-state index contributed by atoms with van der Waals surface area (Å²) in [5.74, 6) is -0.361. The van der Waals surface area contributed by atoms with Gasteiger partial charge in [0.1, 0.15) is 12.0 Å². The van der Waals surface area contributed by atoms with Gasteiger partial charge in [-0.2, -0.15) is 0 Å². The number of aliphatic hydroxyl groups is 1. The van der Waals surface area contributed by atoms with E-state index in [4.69, 9.17) is 23.2 Å². The van der Waals surface area contributed by atoms with Crippen LogP contribution in [0.4, 0.5) is 5.69 Å². The molecule has 1 heterocycles. The molecule has 0 fully saturated rings. The molecule has 0 aliphatic rings. The van der Waals surface area contributed by atoms with Crippen molar-refractivity contribution in [2.45, 2.75) is 20.5 Å². The van der Waals surface area contributed by atoms with Crippen molar-refractivity contribution in [1.29, 1.82) is 0 Å². The number of aliphatic hydroxyl groups excluding tert-OH is 1. The Morgan fingerprint density at radius 2 is 1.78 bits per heavy atom. The number of hydrogen-bond donors (Lipinski definition) is 2. The molecule has 3 rings (SSSR count). The molecule has 0 saturated carbocycles. The smallest absolute Gasteiger partial charge is 0.274 e. The zero-order chi connectivity index (χ0) is 19.6. The summed E-state index contributed by atoms with van der Waals surface area (Å²) in [6.07, 6.45) is 1.32. The topological polar surface area (TPSA) is 75.1 Å². The molecule has 3 aromatic rings. The van der Waals surface area contributed by atoms with Gasteiger partial charge in [0.2, 0.25) is 0 Å². The van der Waals surface area contributed by atoms with Gasteiger partial charge >= 0.3 is 0 Å². The lowest BCUT2D eigenvalue weighted by molar-refractivity contribution is 0.102. The van der Waals surface area contributed by atoms with Crippen LogP contribution in [0.1, 0.15) is 27.2 Å². The Bertz CT molecular complexity index is 999. The molecule has 0 radical (unpaired) electrons. The number of aryl methyl sites for hydroxylation is 2. The van der Waals surface area contributed by atoms with Gasteiger partial charge in [0.05, 0.1) is 17.3 Å². The molecular weight excluding hydrogens is 385 g/mol. The zero-order valence-corrected chi connectivity index (χ0v) is 16.3. The highest BCUT2D eigenvalue weighted by Crippen LogP contribution is 2.29. The van der Waals surface area contributed by atoms with Crippen LogP contribution in [0.5, 0.6) is 0 Å². The fourth-order valence-electron chi connectivity index (χ4n) is 2.84. The first-order valence-corrected chi connectivity index (χ1v) is 8.94. The summed E-state index contributed by atoms with van der Waals surface area (Å²) in [5, 5.41) is 13.2. The SMILES string of the molecule is Cc1cc(CO)cc(C)c1NC(=O)c1cc(-c2cc(Cl)ccc2Cl)ncn1. The van der Waals surface area contributed by atoms with Crippen LogP contribution in [0, 0.1) is 13.8 Å². The molecule has 2 N–H and O–H groups in total. The van der Waals surface area contributed by atoms with Gasteiger partial charge in [-0.15, -0.1) is 0 Å². The second-order valence-corrected chi connectivity index (χ2v) is 6.97. The normalized spacial score (nSPS) is 10.7. The predicted octanol–water partition coefficient (Wildman–Crippen LogP) is 4.81. The molecule has 0 saturated heterocycles. The van der Waals surface area contributed by atoms with E-state index in [1.54, 1.807) is 24.3 Å². The highest BCUT2D eigenvalue weighted by atomic mass is 35.5. The Balaban J connectivity index is 1.92. The molecule has 0 bridgehead atoms. The fourth-order valence-corrected chi connectivity index (χ4v) is 3.23. The van der Waals surface area contributed by atoms with Gasteiger partial charge in [-0.05, 0) is 54.8 Å². The average molecular weight is 402 g/mol. The quantitative estimate of drug-likeness (QED) is 0.657. The number of amides is 1. The molecular formula is C20H17Cl2N3O2. The summed E-state index contributed by atoms with van der Waals surface area (Å²) in [5.41, 5.74) is 4.55. The van der Waals surface area contributed by atoms with Crippen LogP contribution in [0.2, 0.25) is 10.0 Å². The van der Waals surface area contributed by atoms with Crippen LogP contribution < -0.4 is 5.32 Å². The minimum atomic E-state index is -0.361. The molecule has 0 aliphatic carbocycles. The third-order valence-electron chi connectivity index (χ3n) is 4.12. The van der Waals surface area contributed by atoms with Crippen molar-refractivity contribution in [3.05, 3.63) is 75.2 Å². The maximum Gasteiger partial charge on any atom is 0.274 e. The van der Waals surface area contributed by atoms with Crippen molar-refractivity contribution in [1.82, 2.24) is 9.97 Å². The van der Waals surface area contributed by atoms with Crippen molar-refractivity contribution < 1.29 is 9.90 Å². The van der Waals surface area contributed by atoms with E-state index in [2.05, 4.69) is 15.3 Å². The standard InChI is InChI=1S/C20H17Cl2N3O2/c1-11-5-13(9-26)6-12(2)19(11)25-20(27)18-8-17(23-10-24-18)15-7-14(21)3-4-16(15)22/h3-8,10,26H,9H2,1-2H3,(H,25,27). The molecule has 5 nitrogen and oxygen atoms in total. The molecule has 0 aliphatic heterocycles. The number of nitrogens with one attached hydrogen (secondary N) is 1. The Morgan fingerprint density at radius 3 is 2.44 bits per heavy atom. The van der Waals surface area contributed by atoms with Crippen LogP contribution in [0.15, 0.2) is 42.7 Å². The van der Waals surface area contributed by atoms with Gasteiger partial charge in [-0.1, -0.05) is 35.3 Å². The van der Waals surface area contributed by atoms with E-state index < -0.39 is 0 Å². The van der Waals surface area contributed by atoms with Crippen molar-refractivity contribution in [3.63, 3.8) is 0 Å². The second kappa shape index (κ2) is 8.05. The Labute approximate surface area is 167 Å². The summed E-state index contributed by atoms with van der Waals surface area (Å²) in [6, 6.07) is 10.3. The van der Waals surface area contributed by atoms with Crippen LogP contribution in [0.25, 0.3) is 11.3 Å². The Morgan fingerprint density at radius 1 is 1.07 bits per heavy atom. The number of hydrogen-bond acceptors (Lipinski definition) is 4. The van der Waals surface area contributed by atoms with Crippen LogP contribution >= 0.6 is 23.2 Å². The summed E-state index contributed by atoms with van der Waals surface area (Å²) >= 11 is 12.3. The van der Waals surface area contributed by atoms with E-state index in [0.29, 0.717) is 27.0 Å². The lowest BCUT2D eigenvalue weighted by Crippen LogP contribution is -2.16. The summed E-state index contributed by atoms with van der Waals surface area (Å²) in [7, 11) is 0. The van der Waals surface area contributed by atoms with E-state index in [1.807, 2.05) is 26.0 Å². The van der Waals surface area contributed by atoms with Gasteiger partial charge < -0.3 is 10.4 Å². The second-order valence-electron chi connectivity index (χ2n) is 6.13. The number of halogens is 2. The predicted molar refractivity (Wildman–Crippen MR) is 107 cm³/mol. The highest BCUT2D eigenvalue weighted by molar-refractivity contribution is 6.35. The van der Waals surface area contributed by atoms with Crippen LogP contribution in [-0.2, 0) is 6.61 Å². The van der Waals surface area contributed by atoms with Crippen LogP contribution in [0.3, 0.4) is 0 Å². The number of nitrogens with zero attached hydrogens (tertiary/aromatic N) is 2. The third kappa shape index (κ3) is 4.27. The molecule has 7 heteroatoms. The molecule has 27 heavy (non-hydrogen) atoms. The van der Waals surface area contributed by atoms with E-state index >= 15 is 0 Å². The average Bonchev–Trinajstić information content (AvgIpc) is 2.66. The largest absolute Gasteiger partial charge is 0.392 e. The summed E-state index contributed by atoms with van der Waals surface area (Å²) < 4.78 is 0. The molecule has 1 amide bonds. The van der Waals surface area contributed by atoms with Gasteiger partial charge in [-0.3, -0.25) is 4.79 Å². The molecule has 1 aromatic heterocycles. The monoisotopic (exact) mass is 401 g/mol. The number of carbonyl (C=O) groups excluding carboxylic acids is 1. The Kier molecular flexibility index (Phi) is 5.75. The van der Waals surface area contributed by atoms with Crippen molar-refractivity contribution >= 4 is 34.8 Å². The molecule has 2 aromatic carbocycles.